The van der Waals surface area contributed by atoms with Crippen molar-refractivity contribution in [3.05, 3.63) is 11.8 Å². The zero-order chi connectivity index (χ0) is 13.5. The Kier molecular flexibility index (Phi) is 5.91. The largest absolute Gasteiger partial charge is 0.462 e. The molecule has 0 bridgehead atoms. The molecule has 1 rings (SSSR count). The molecule has 0 aliphatic heterocycles. The Labute approximate surface area is 112 Å². The highest BCUT2D eigenvalue weighted by atomic mass is 32.2. The van der Waals surface area contributed by atoms with E-state index in [1.165, 1.54) is 18.0 Å². The number of ether oxygens (including phenoxy) is 1. The maximum absolute atomic E-state index is 11.8. The van der Waals surface area contributed by atoms with Crippen LogP contribution in [0.3, 0.4) is 0 Å². The average molecular weight is 269 g/mol. The SMILES string of the molecule is CCOC(=O)c1cnc(SC)nc1NCC(C)C. The van der Waals surface area contributed by atoms with Gasteiger partial charge < -0.3 is 10.1 Å². The molecule has 0 radical (unpaired) electrons. The van der Waals surface area contributed by atoms with E-state index in [9.17, 15) is 4.79 Å². The van der Waals surface area contributed by atoms with Crippen LogP contribution in [-0.4, -0.2) is 35.3 Å². The van der Waals surface area contributed by atoms with Gasteiger partial charge in [-0.2, -0.15) is 0 Å². The fraction of sp³-hybridized carbons (Fsp3) is 0.583. The molecule has 0 saturated carbocycles. The average Bonchev–Trinajstić information content (AvgIpc) is 2.36. The van der Waals surface area contributed by atoms with E-state index in [1.54, 1.807) is 6.92 Å². The number of anilines is 1. The first kappa shape index (κ1) is 14.8. The van der Waals surface area contributed by atoms with Crippen LogP contribution in [0.5, 0.6) is 0 Å². The number of rotatable bonds is 6. The Hall–Kier alpha value is -1.30. The van der Waals surface area contributed by atoms with Gasteiger partial charge >= 0.3 is 5.97 Å². The van der Waals surface area contributed by atoms with E-state index in [2.05, 4.69) is 29.1 Å². The minimum absolute atomic E-state index is 0.340. The minimum atomic E-state index is -0.392. The Bertz CT molecular complexity index is 410. The number of aromatic nitrogens is 2. The van der Waals surface area contributed by atoms with E-state index in [0.29, 0.717) is 29.1 Å². The Morgan fingerprint density at radius 1 is 1.56 bits per heavy atom. The maximum atomic E-state index is 11.8. The minimum Gasteiger partial charge on any atom is -0.462 e. The van der Waals surface area contributed by atoms with Crippen molar-refractivity contribution in [3.8, 4) is 0 Å². The third-order valence-electron chi connectivity index (χ3n) is 2.12. The number of nitrogens with one attached hydrogen (secondary N) is 1. The van der Waals surface area contributed by atoms with Crippen LogP contribution in [0.15, 0.2) is 11.4 Å². The molecular formula is C12H19N3O2S. The molecule has 0 unspecified atom stereocenters. The van der Waals surface area contributed by atoms with Crippen molar-refractivity contribution < 1.29 is 9.53 Å². The molecule has 1 aromatic heterocycles. The third kappa shape index (κ3) is 4.18. The molecule has 0 fully saturated rings. The number of carbonyl (C=O) groups excluding carboxylic acids is 1. The molecule has 5 nitrogen and oxygen atoms in total. The molecule has 6 heteroatoms. The smallest absolute Gasteiger partial charge is 0.343 e. The van der Waals surface area contributed by atoms with Crippen molar-refractivity contribution in [2.45, 2.75) is 25.9 Å². The van der Waals surface area contributed by atoms with Crippen LogP contribution in [0.4, 0.5) is 5.82 Å². The molecule has 0 aliphatic rings. The Morgan fingerprint density at radius 3 is 2.83 bits per heavy atom. The topological polar surface area (TPSA) is 64.1 Å². The fourth-order valence-corrected chi connectivity index (χ4v) is 1.60. The molecule has 100 valence electrons. The van der Waals surface area contributed by atoms with E-state index < -0.39 is 5.97 Å². The summed E-state index contributed by atoms with van der Waals surface area (Å²) in [6, 6.07) is 0. The first-order valence-corrected chi connectivity index (χ1v) is 7.13. The third-order valence-corrected chi connectivity index (χ3v) is 2.68. The molecule has 1 aromatic rings. The number of thioether (sulfide) groups is 1. The molecule has 0 atom stereocenters. The summed E-state index contributed by atoms with van der Waals surface area (Å²) in [7, 11) is 0. The molecule has 0 aliphatic carbocycles. The van der Waals surface area contributed by atoms with Gasteiger partial charge in [-0.15, -0.1) is 0 Å². The van der Waals surface area contributed by atoms with Gasteiger partial charge in [-0.25, -0.2) is 14.8 Å². The monoisotopic (exact) mass is 269 g/mol. The molecule has 0 amide bonds. The van der Waals surface area contributed by atoms with Gasteiger partial charge in [0, 0.05) is 12.7 Å². The predicted molar refractivity (Wildman–Crippen MR) is 73.1 cm³/mol. The lowest BCUT2D eigenvalue weighted by Gasteiger charge is -2.12. The van der Waals surface area contributed by atoms with Crippen LogP contribution in [-0.2, 0) is 4.74 Å². The summed E-state index contributed by atoms with van der Waals surface area (Å²) in [5.41, 5.74) is 0.385. The number of nitrogens with zero attached hydrogens (tertiary/aromatic N) is 2. The molecule has 0 spiro atoms. The van der Waals surface area contributed by atoms with E-state index in [4.69, 9.17) is 4.74 Å². The highest BCUT2D eigenvalue weighted by Gasteiger charge is 2.15. The summed E-state index contributed by atoms with van der Waals surface area (Å²) in [5.74, 6) is 0.616. The van der Waals surface area contributed by atoms with Crippen molar-refractivity contribution in [3.63, 3.8) is 0 Å². The van der Waals surface area contributed by atoms with Gasteiger partial charge in [0.1, 0.15) is 11.4 Å². The number of esters is 1. The van der Waals surface area contributed by atoms with Crippen molar-refractivity contribution in [2.75, 3.05) is 24.7 Å². The number of carbonyl (C=O) groups is 1. The van der Waals surface area contributed by atoms with Crippen molar-refractivity contribution in [1.29, 1.82) is 0 Å². The zero-order valence-electron chi connectivity index (χ0n) is 11.2. The van der Waals surface area contributed by atoms with Crippen molar-refractivity contribution in [1.82, 2.24) is 9.97 Å². The summed E-state index contributed by atoms with van der Waals surface area (Å²) < 4.78 is 4.98. The van der Waals surface area contributed by atoms with Gasteiger partial charge in [-0.1, -0.05) is 25.6 Å². The normalized spacial score (nSPS) is 10.5. The lowest BCUT2D eigenvalue weighted by atomic mass is 10.2. The Balaban J connectivity index is 2.96. The molecule has 1 N–H and O–H groups in total. The second-order valence-electron chi connectivity index (χ2n) is 4.11. The van der Waals surface area contributed by atoms with Crippen LogP contribution in [0.1, 0.15) is 31.1 Å². The van der Waals surface area contributed by atoms with Crippen LogP contribution in [0, 0.1) is 5.92 Å². The quantitative estimate of drug-likeness (QED) is 0.486. The Morgan fingerprint density at radius 2 is 2.28 bits per heavy atom. The number of hydrogen-bond donors (Lipinski definition) is 1. The van der Waals surface area contributed by atoms with Crippen LogP contribution < -0.4 is 5.32 Å². The first-order chi connectivity index (χ1) is 8.58. The lowest BCUT2D eigenvalue weighted by Crippen LogP contribution is -2.15. The predicted octanol–water partition coefficient (Wildman–Crippen LogP) is 2.44. The van der Waals surface area contributed by atoms with Crippen LogP contribution >= 0.6 is 11.8 Å². The van der Waals surface area contributed by atoms with Gasteiger partial charge in [0.2, 0.25) is 0 Å². The molecule has 0 saturated heterocycles. The summed E-state index contributed by atoms with van der Waals surface area (Å²) in [6.45, 7) is 7.04. The van der Waals surface area contributed by atoms with Gasteiger partial charge in [0.25, 0.3) is 0 Å². The molecule has 1 heterocycles. The maximum Gasteiger partial charge on any atom is 0.343 e. The van der Waals surface area contributed by atoms with Gasteiger partial charge in [-0.05, 0) is 19.1 Å². The second kappa shape index (κ2) is 7.20. The van der Waals surface area contributed by atoms with E-state index in [1.807, 2.05) is 6.26 Å². The standard InChI is InChI=1S/C12H19N3O2S/c1-5-17-11(16)9-7-14-12(18-4)15-10(9)13-6-8(2)3/h7-8H,5-6H2,1-4H3,(H,13,14,15). The summed E-state index contributed by atoms with van der Waals surface area (Å²) in [5, 5.41) is 3.80. The van der Waals surface area contributed by atoms with Crippen molar-refractivity contribution in [2.24, 2.45) is 5.92 Å². The molecule has 18 heavy (non-hydrogen) atoms. The van der Waals surface area contributed by atoms with Crippen molar-refractivity contribution >= 4 is 23.5 Å². The molecular weight excluding hydrogens is 250 g/mol. The molecule has 0 aromatic carbocycles. The van der Waals surface area contributed by atoms with E-state index >= 15 is 0 Å². The van der Waals surface area contributed by atoms with Crippen LogP contribution in [0.2, 0.25) is 0 Å². The van der Waals surface area contributed by atoms with Gasteiger partial charge in [0.05, 0.1) is 6.61 Å². The second-order valence-corrected chi connectivity index (χ2v) is 4.89. The van der Waals surface area contributed by atoms with Gasteiger partial charge in [0.15, 0.2) is 5.16 Å². The van der Waals surface area contributed by atoms with E-state index in [0.717, 1.165) is 6.54 Å². The lowest BCUT2D eigenvalue weighted by molar-refractivity contribution is 0.0526. The highest BCUT2D eigenvalue weighted by molar-refractivity contribution is 7.98. The fourth-order valence-electron chi connectivity index (χ4n) is 1.26. The van der Waals surface area contributed by atoms with E-state index in [-0.39, 0.29) is 0 Å². The zero-order valence-corrected chi connectivity index (χ0v) is 12.0. The van der Waals surface area contributed by atoms with Crippen LogP contribution in [0.25, 0.3) is 0 Å². The summed E-state index contributed by atoms with van der Waals surface area (Å²) in [6.07, 6.45) is 3.41. The summed E-state index contributed by atoms with van der Waals surface area (Å²) >= 11 is 1.44. The number of hydrogen-bond acceptors (Lipinski definition) is 6. The van der Waals surface area contributed by atoms with Gasteiger partial charge in [-0.3, -0.25) is 0 Å². The summed E-state index contributed by atoms with van der Waals surface area (Å²) in [4.78, 5) is 20.2. The highest BCUT2D eigenvalue weighted by Crippen LogP contribution is 2.17. The first-order valence-electron chi connectivity index (χ1n) is 5.90.